The van der Waals surface area contributed by atoms with Gasteiger partial charge in [-0.15, -0.1) is 0 Å². The van der Waals surface area contributed by atoms with Gasteiger partial charge in [-0.2, -0.15) is 5.10 Å². The number of H-pyrrole nitrogens is 1. The smallest absolute Gasteiger partial charge is 0.225 e. The molecule has 0 saturated carbocycles. The van der Waals surface area contributed by atoms with E-state index in [4.69, 9.17) is 4.98 Å². The molecule has 23 heavy (non-hydrogen) atoms. The fourth-order valence-electron chi connectivity index (χ4n) is 3.73. The van der Waals surface area contributed by atoms with Crippen LogP contribution in [0.5, 0.6) is 0 Å². The van der Waals surface area contributed by atoms with Gasteiger partial charge in [-0.1, -0.05) is 6.42 Å². The van der Waals surface area contributed by atoms with Crippen molar-refractivity contribution < 1.29 is 0 Å². The van der Waals surface area contributed by atoms with Crippen LogP contribution in [0.15, 0.2) is 24.5 Å². The van der Waals surface area contributed by atoms with E-state index in [0.29, 0.717) is 6.04 Å². The first-order chi connectivity index (χ1) is 11.4. The highest BCUT2D eigenvalue weighted by Crippen LogP contribution is 2.30. The Morgan fingerprint density at radius 2 is 1.91 bits per heavy atom. The van der Waals surface area contributed by atoms with Gasteiger partial charge in [0.1, 0.15) is 0 Å². The Labute approximate surface area is 136 Å². The molecule has 0 spiro atoms. The lowest BCUT2D eigenvalue weighted by molar-refractivity contribution is 0.135. The zero-order valence-corrected chi connectivity index (χ0v) is 13.5. The molecule has 2 aromatic heterocycles. The fraction of sp³-hybridized carbons (Fsp3) is 0.588. The molecule has 0 aromatic carbocycles. The molecular weight excluding hydrogens is 288 g/mol. The molecule has 122 valence electrons. The second-order valence-electron chi connectivity index (χ2n) is 6.54. The van der Waals surface area contributed by atoms with Gasteiger partial charge in [0.05, 0.1) is 17.4 Å². The third kappa shape index (κ3) is 3.22. The van der Waals surface area contributed by atoms with Crippen LogP contribution in [0, 0.1) is 0 Å². The zero-order chi connectivity index (χ0) is 15.5. The van der Waals surface area contributed by atoms with E-state index in [1.165, 1.54) is 37.8 Å². The predicted octanol–water partition coefficient (Wildman–Crippen LogP) is 2.53. The lowest BCUT2D eigenvalue weighted by Gasteiger charge is -2.34. The molecule has 0 bridgehead atoms. The molecular formula is C17H24N6. The van der Waals surface area contributed by atoms with Gasteiger partial charge in [0.15, 0.2) is 0 Å². The fourth-order valence-corrected chi connectivity index (χ4v) is 3.73. The van der Waals surface area contributed by atoms with Crippen molar-refractivity contribution in [3.63, 3.8) is 0 Å². The number of anilines is 1. The van der Waals surface area contributed by atoms with Crippen LogP contribution in [-0.4, -0.2) is 44.7 Å². The maximum absolute atomic E-state index is 4.81. The molecule has 0 radical (unpaired) electrons. The topological polar surface area (TPSA) is 60.9 Å². The first kappa shape index (κ1) is 14.6. The molecule has 1 unspecified atom stereocenters. The molecule has 2 saturated heterocycles. The van der Waals surface area contributed by atoms with Crippen LogP contribution in [0.25, 0.3) is 0 Å². The molecule has 2 aliphatic heterocycles. The molecule has 4 rings (SSSR count). The minimum Gasteiger partial charge on any atom is -0.341 e. The number of nitrogens with zero attached hydrogens (tertiary/aromatic N) is 5. The molecule has 0 amide bonds. The van der Waals surface area contributed by atoms with E-state index < -0.39 is 0 Å². The Kier molecular flexibility index (Phi) is 4.24. The van der Waals surface area contributed by atoms with Crippen molar-refractivity contribution in [3.05, 3.63) is 35.9 Å². The van der Waals surface area contributed by atoms with Crippen molar-refractivity contribution in [2.24, 2.45) is 0 Å². The number of rotatable bonds is 4. The Bertz CT molecular complexity index is 620. The predicted molar refractivity (Wildman–Crippen MR) is 89.1 cm³/mol. The van der Waals surface area contributed by atoms with Crippen molar-refractivity contribution in [2.45, 2.75) is 44.7 Å². The van der Waals surface area contributed by atoms with Crippen LogP contribution in [0.2, 0.25) is 0 Å². The SMILES string of the molecule is c1cc(C2CCCCN2Cc2ccnc(N3CCCC3)n2)[nH]n1. The number of hydrogen-bond donors (Lipinski definition) is 1. The molecule has 4 heterocycles. The molecule has 2 aliphatic rings. The summed E-state index contributed by atoms with van der Waals surface area (Å²) in [6.45, 7) is 4.17. The Balaban J connectivity index is 1.50. The summed E-state index contributed by atoms with van der Waals surface area (Å²) in [5, 5.41) is 7.27. The number of aromatic nitrogens is 4. The van der Waals surface area contributed by atoms with Crippen molar-refractivity contribution in [1.82, 2.24) is 25.1 Å². The number of likely N-dealkylation sites (tertiary alicyclic amines) is 1. The van der Waals surface area contributed by atoms with E-state index in [1.807, 2.05) is 12.4 Å². The molecule has 0 aliphatic carbocycles. The van der Waals surface area contributed by atoms with Gasteiger partial charge < -0.3 is 4.90 Å². The van der Waals surface area contributed by atoms with Crippen molar-refractivity contribution in [1.29, 1.82) is 0 Å². The van der Waals surface area contributed by atoms with Crippen LogP contribution in [0.3, 0.4) is 0 Å². The third-order valence-corrected chi connectivity index (χ3v) is 4.95. The molecule has 6 nitrogen and oxygen atoms in total. The highest BCUT2D eigenvalue weighted by atomic mass is 15.3. The summed E-state index contributed by atoms with van der Waals surface area (Å²) >= 11 is 0. The summed E-state index contributed by atoms with van der Waals surface area (Å²) in [5.74, 6) is 0.898. The van der Waals surface area contributed by atoms with Gasteiger partial charge in [-0.05, 0) is 44.4 Å². The minimum atomic E-state index is 0.427. The van der Waals surface area contributed by atoms with Crippen molar-refractivity contribution >= 4 is 5.95 Å². The number of piperidine rings is 1. The maximum atomic E-state index is 4.81. The van der Waals surface area contributed by atoms with Crippen molar-refractivity contribution in [3.8, 4) is 0 Å². The Hall–Kier alpha value is -1.95. The van der Waals surface area contributed by atoms with E-state index in [1.54, 1.807) is 0 Å². The van der Waals surface area contributed by atoms with Gasteiger partial charge >= 0.3 is 0 Å². The molecule has 2 fully saturated rings. The van der Waals surface area contributed by atoms with E-state index >= 15 is 0 Å². The van der Waals surface area contributed by atoms with Crippen LogP contribution in [-0.2, 0) is 6.54 Å². The molecule has 1 N–H and O–H groups in total. The summed E-state index contributed by atoms with van der Waals surface area (Å²) in [6, 6.07) is 4.58. The minimum absolute atomic E-state index is 0.427. The monoisotopic (exact) mass is 312 g/mol. The molecule has 1 atom stereocenters. The van der Waals surface area contributed by atoms with E-state index in [0.717, 1.165) is 37.8 Å². The van der Waals surface area contributed by atoms with Crippen molar-refractivity contribution in [2.75, 3.05) is 24.5 Å². The summed E-state index contributed by atoms with van der Waals surface area (Å²) in [7, 11) is 0. The highest BCUT2D eigenvalue weighted by molar-refractivity contribution is 5.31. The third-order valence-electron chi connectivity index (χ3n) is 4.95. The number of nitrogens with one attached hydrogen (secondary N) is 1. The average molecular weight is 312 g/mol. The van der Waals surface area contributed by atoms with Gasteiger partial charge in [-0.3, -0.25) is 10.00 Å². The standard InChI is InChI=1S/C17H24N6/c1-2-12-23(16(5-1)15-7-9-19-21-15)13-14-6-8-18-17(20-14)22-10-3-4-11-22/h6-9,16H,1-5,10-13H2,(H,19,21). The zero-order valence-electron chi connectivity index (χ0n) is 13.5. The van der Waals surface area contributed by atoms with E-state index in [9.17, 15) is 0 Å². The van der Waals surface area contributed by atoms with Crippen LogP contribution >= 0.6 is 0 Å². The Morgan fingerprint density at radius 3 is 2.74 bits per heavy atom. The molecule has 6 heteroatoms. The van der Waals surface area contributed by atoms with E-state index in [2.05, 4.69) is 37.1 Å². The lowest BCUT2D eigenvalue weighted by atomic mass is 9.99. The van der Waals surface area contributed by atoms with Gasteiger partial charge in [0, 0.05) is 32.0 Å². The second kappa shape index (κ2) is 6.66. The lowest BCUT2D eigenvalue weighted by Crippen LogP contribution is -2.33. The van der Waals surface area contributed by atoms with Gasteiger partial charge in [-0.25, -0.2) is 9.97 Å². The normalized spacial score (nSPS) is 22.6. The highest BCUT2D eigenvalue weighted by Gasteiger charge is 2.25. The summed E-state index contributed by atoms with van der Waals surface area (Å²) < 4.78 is 0. The molecule has 2 aromatic rings. The van der Waals surface area contributed by atoms with Gasteiger partial charge in [0.25, 0.3) is 0 Å². The van der Waals surface area contributed by atoms with E-state index in [-0.39, 0.29) is 0 Å². The van der Waals surface area contributed by atoms with Gasteiger partial charge in [0.2, 0.25) is 5.95 Å². The summed E-state index contributed by atoms with van der Waals surface area (Å²) in [5.41, 5.74) is 2.34. The number of aromatic amines is 1. The summed E-state index contributed by atoms with van der Waals surface area (Å²) in [4.78, 5) is 14.1. The summed E-state index contributed by atoms with van der Waals surface area (Å²) in [6.07, 6.45) is 9.98. The first-order valence-corrected chi connectivity index (χ1v) is 8.70. The second-order valence-corrected chi connectivity index (χ2v) is 6.54. The number of hydrogen-bond acceptors (Lipinski definition) is 5. The Morgan fingerprint density at radius 1 is 1.04 bits per heavy atom. The maximum Gasteiger partial charge on any atom is 0.225 e. The first-order valence-electron chi connectivity index (χ1n) is 8.70. The average Bonchev–Trinajstić information content (AvgIpc) is 3.30. The van der Waals surface area contributed by atoms with Crippen LogP contribution in [0.4, 0.5) is 5.95 Å². The quantitative estimate of drug-likeness (QED) is 0.940. The van der Waals surface area contributed by atoms with Crippen LogP contribution in [0.1, 0.15) is 49.5 Å². The largest absolute Gasteiger partial charge is 0.341 e. The van der Waals surface area contributed by atoms with Crippen LogP contribution < -0.4 is 4.90 Å².